The van der Waals surface area contributed by atoms with E-state index in [1.165, 1.54) is 0 Å². The van der Waals surface area contributed by atoms with E-state index in [0.29, 0.717) is 11.5 Å². The molecule has 0 N–H and O–H groups in total. The van der Waals surface area contributed by atoms with Crippen LogP contribution >= 0.6 is 0 Å². The normalized spacial score (nSPS) is 13.8. The van der Waals surface area contributed by atoms with E-state index in [-0.39, 0.29) is 5.78 Å². The molecule has 0 aliphatic rings. The molecular formula is C10H17NO. The van der Waals surface area contributed by atoms with Gasteiger partial charge in [-0.15, -0.1) is 0 Å². The number of hydrogen-bond donors (Lipinski definition) is 0. The Labute approximate surface area is 74.4 Å². The summed E-state index contributed by atoms with van der Waals surface area (Å²) in [5.41, 5.74) is 1.76. The third kappa shape index (κ3) is 4.06. The first-order valence-electron chi connectivity index (χ1n) is 4.17. The minimum absolute atomic E-state index is 0.0790. The third-order valence-electron chi connectivity index (χ3n) is 1.85. The Kier molecular flexibility index (Phi) is 4.49. The standard InChI is InChI=1S/C10H17NO/c1-7(2)9(4)11-6-8(3)10(5)12/h6-7H,1-5H3/b8-6+,11-9+. The van der Waals surface area contributed by atoms with Gasteiger partial charge < -0.3 is 0 Å². The molecule has 0 fully saturated rings. The number of Topliss-reactive ketones (excluding diaryl/α,β-unsaturated/α-hetero) is 1. The van der Waals surface area contributed by atoms with E-state index in [2.05, 4.69) is 18.8 Å². The van der Waals surface area contributed by atoms with Crippen molar-refractivity contribution >= 4 is 11.5 Å². The zero-order chi connectivity index (χ0) is 9.72. The Morgan fingerprint density at radius 1 is 1.25 bits per heavy atom. The fourth-order valence-corrected chi connectivity index (χ4v) is 0.439. The van der Waals surface area contributed by atoms with E-state index in [1.807, 2.05) is 6.92 Å². The molecule has 0 heterocycles. The van der Waals surface area contributed by atoms with Crippen molar-refractivity contribution in [2.24, 2.45) is 10.9 Å². The zero-order valence-electron chi connectivity index (χ0n) is 8.51. The van der Waals surface area contributed by atoms with Gasteiger partial charge in [-0.3, -0.25) is 9.79 Å². The van der Waals surface area contributed by atoms with E-state index in [9.17, 15) is 4.79 Å². The van der Waals surface area contributed by atoms with Gasteiger partial charge in [0.1, 0.15) is 0 Å². The van der Waals surface area contributed by atoms with Crippen LogP contribution in [0.3, 0.4) is 0 Å². The van der Waals surface area contributed by atoms with Gasteiger partial charge in [0, 0.05) is 17.5 Å². The molecule has 2 heteroatoms. The number of nitrogens with zero attached hydrogens (tertiary/aromatic N) is 1. The van der Waals surface area contributed by atoms with Crippen LogP contribution in [0.5, 0.6) is 0 Å². The molecule has 2 nitrogen and oxygen atoms in total. The monoisotopic (exact) mass is 167 g/mol. The third-order valence-corrected chi connectivity index (χ3v) is 1.85. The van der Waals surface area contributed by atoms with Gasteiger partial charge in [0.15, 0.2) is 5.78 Å². The van der Waals surface area contributed by atoms with Crippen molar-refractivity contribution < 1.29 is 4.79 Å². The molecule has 0 spiro atoms. The van der Waals surface area contributed by atoms with Gasteiger partial charge in [-0.2, -0.15) is 0 Å². The number of allylic oxidation sites excluding steroid dienone is 1. The van der Waals surface area contributed by atoms with Crippen LogP contribution < -0.4 is 0 Å². The van der Waals surface area contributed by atoms with Gasteiger partial charge >= 0.3 is 0 Å². The molecule has 0 radical (unpaired) electrons. The lowest BCUT2D eigenvalue weighted by Gasteiger charge is -2.00. The first kappa shape index (κ1) is 11.1. The summed E-state index contributed by atoms with van der Waals surface area (Å²) in [5.74, 6) is 0.524. The van der Waals surface area contributed by atoms with Crippen LogP contribution in [-0.4, -0.2) is 11.5 Å². The van der Waals surface area contributed by atoms with Crippen LogP contribution in [0, 0.1) is 5.92 Å². The van der Waals surface area contributed by atoms with Crippen molar-refractivity contribution in [1.29, 1.82) is 0 Å². The molecule has 0 amide bonds. The molecule has 68 valence electrons. The molecule has 12 heavy (non-hydrogen) atoms. The maximum atomic E-state index is 10.8. The van der Waals surface area contributed by atoms with Crippen LogP contribution in [0.25, 0.3) is 0 Å². The second kappa shape index (κ2) is 4.86. The van der Waals surface area contributed by atoms with Crippen LogP contribution in [-0.2, 0) is 4.79 Å². The molecule has 0 atom stereocenters. The van der Waals surface area contributed by atoms with Crippen molar-refractivity contribution in [3.05, 3.63) is 11.8 Å². The van der Waals surface area contributed by atoms with Crippen LogP contribution in [0.15, 0.2) is 16.8 Å². The molecule has 0 bridgehead atoms. The van der Waals surface area contributed by atoms with Gasteiger partial charge in [-0.25, -0.2) is 0 Å². The second-order valence-electron chi connectivity index (χ2n) is 3.29. The summed E-state index contributed by atoms with van der Waals surface area (Å²) in [6, 6.07) is 0. The van der Waals surface area contributed by atoms with E-state index < -0.39 is 0 Å². The highest BCUT2D eigenvalue weighted by molar-refractivity contribution is 5.93. The SMILES string of the molecule is CC(=O)/C(C)=C/N=C(\C)C(C)C. The predicted molar refractivity (Wildman–Crippen MR) is 52.4 cm³/mol. The number of aliphatic imine (C=N–C) groups is 1. The molecule has 0 aromatic heterocycles. The molecule has 0 aliphatic heterocycles. The van der Waals surface area contributed by atoms with Crippen molar-refractivity contribution in [1.82, 2.24) is 0 Å². The van der Waals surface area contributed by atoms with Crippen molar-refractivity contribution in [2.45, 2.75) is 34.6 Å². The molecule has 0 saturated carbocycles. The fraction of sp³-hybridized carbons (Fsp3) is 0.600. The summed E-state index contributed by atoms with van der Waals surface area (Å²) in [6.07, 6.45) is 1.64. The Bertz CT molecular complexity index is 224. The molecule has 0 aromatic carbocycles. The van der Waals surface area contributed by atoms with Crippen molar-refractivity contribution in [3.63, 3.8) is 0 Å². The highest BCUT2D eigenvalue weighted by Crippen LogP contribution is 1.99. The predicted octanol–water partition coefficient (Wildman–Crippen LogP) is 2.60. The number of carbonyl (C=O) groups is 1. The minimum Gasteiger partial charge on any atom is -0.295 e. The summed E-state index contributed by atoms with van der Waals surface area (Å²) in [4.78, 5) is 15.0. The smallest absolute Gasteiger partial charge is 0.157 e. The first-order valence-corrected chi connectivity index (χ1v) is 4.17. The van der Waals surface area contributed by atoms with Gasteiger partial charge in [-0.1, -0.05) is 13.8 Å². The van der Waals surface area contributed by atoms with E-state index in [4.69, 9.17) is 0 Å². The topological polar surface area (TPSA) is 29.4 Å². The maximum Gasteiger partial charge on any atom is 0.157 e. The van der Waals surface area contributed by atoms with Crippen LogP contribution in [0.2, 0.25) is 0 Å². The van der Waals surface area contributed by atoms with E-state index in [1.54, 1.807) is 20.0 Å². The number of rotatable bonds is 3. The number of carbonyl (C=O) groups excluding carboxylic acids is 1. The second-order valence-corrected chi connectivity index (χ2v) is 3.29. The Balaban J connectivity index is 4.38. The minimum atomic E-state index is 0.0790. The maximum absolute atomic E-state index is 10.8. The van der Waals surface area contributed by atoms with Crippen molar-refractivity contribution in [2.75, 3.05) is 0 Å². The molecular weight excluding hydrogens is 150 g/mol. The number of ketones is 1. The van der Waals surface area contributed by atoms with E-state index >= 15 is 0 Å². The zero-order valence-corrected chi connectivity index (χ0v) is 8.51. The highest BCUT2D eigenvalue weighted by atomic mass is 16.1. The van der Waals surface area contributed by atoms with Gasteiger partial charge in [0.05, 0.1) is 0 Å². The summed E-state index contributed by atoms with van der Waals surface area (Å²) in [5, 5.41) is 0. The lowest BCUT2D eigenvalue weighted by atomic mass is 10.1. The van der Waals surface area contributed by atoms with Gasteiger partial charge in [0.2, 0.25) is 0 Å². The van der Waals surface area contributed by atoms with E-state index in [0.717, 1.165) is 5.71 Å². The number of hydrogen-bond acceptors (Lipinski definition) is 2. The lowest BCUT2D eigenvalue weighted by Crippen LogP contribution is -2.01. The molecule has 0 unspecified atom stereocenters. The largest absolute Gasteiger partial charge is 0.295 e. The Morgan fingerprint density at radius 2 is 1.75 bits per heavy atom. The molecule has 0 saturated heterocycles. The molecule has 0 aromatic rings. The summed E-state index contributed by atoms with van der Waals surface area (Å²) >= 11 is 0. The average molecular weight is 167 g/mol. The Morgan fingerprint density at radius 3 is 2.08 bits per heavy atom. The van der Waals surface area contributed by atoms with Crippen LogP contribution in [0.4, 0.5) is 0 Å². The Hall–Kier alpha value is -0.920. The fourth-order valence-electron chi connectivity index (χ4n) is 0.439. The summed E-state index contributed by atoms with van der Waals surface area (Å²) in [6.45, 7) is 9.45. The summed E-state index contributed by atoms with van der Waals surface area (Å²) < 4.78 is 0. The summed E-state index contributed by atoms with van der Waals surface area (Å²) in [7, 11) is 0. The molecule has 0 rings (SSSR count). The molecule has 0 aliphatic carbocycles. The average Bonchev–Trinajstić information content (AvgIpc) is 1.98. The van der Waals surface area contributed by atoms with Crippen LogP contribution in [0.1, 0.15) is 34.6 Å². The highest BCUT2D eigenvalue weighted by Gasteiger charge is 1.97. The first-order chi connectivity index (χ1) is 5.45. The lowest BCUT2D eigenvalue weighted by molar-refractivity contribution is -0.113. The van der Waals surface area contributed by atoms with Gasteiger partial charge in [-0.05, 0) is 26.7 Å². The van der Waals surface area contributed by atoms with Crippen molar-refractivity contribution in [3.8, 4) is 0 Å². The quantitative estimate of drug-likeness (QED) is 0.469. The van der Waals surface area contributed by atoms with Gasteiger partial charge in [0.25, 0.3) is 0 Å².